The third kappa shape index (κ3) is 6.49. The molecule has 2 N–H and O–H groups in total. The minimum atomic E-state index is 0.464. The summed E-state index contributed by atoms with van der Waals surface area (Å²) >= 11 is 5.62. The lowest BCUT2D eigenvalue weighted by molar-refractivity contribution is 0.481. The second-order valence-corrected chi connectivity index (χ2v) is 10.5. The van der Waals surface area contributed by atoms with E-state index in [2.05, 4.69) is 99.8 Å². The van der Waals surface area contributed by atoms with Crippen LogP contribution in [-0.2, 0) is 6.54 Å². The first-order chi connectivity index (χ1) is 18.0. The molecule has 5 rings (SSSR count). The maximum absolute atomic E-state index is 5.62. The molecule has 3 heterocycles. The smallest absolute Gasteiger partial charge is 0.232 e. The van der Waals surface area contributed by atoms with Crippen molar-refractivity contribution < 1.29 is 0 Å². The van der Waals surface area contributed by atoms with Crippen LogP contribution in [0.2, 0.25) is 0 Å². The highest BCUT2D eigenvalue weighted by molar-refractivity contribution is 7.80. The number of hydrogen-bond donors (Lipinski definition) is 2. The van der Waals surface area contributed by atoms with Crippen molar-refractivity contribution in [3.63, 3.8) is 0 Å². The molecule has 2 aliphatic rings. The van der Waals surface area contributed by atoms with Gasteiger partial charge in [0.1, 0.15) is 11.6 Å². The molecule has 7 nitrogen and oxygen atoms in total. The van der Waals surface area contributed by atoms with Gasteiger partial charge in [0.05, 0.1) is 0 Å². The molecule has 1 aromatic heterocycles. The van der Waals surface area contributed by atoms with Crippen molar-refractivity contribution in [1.82, 2.24) is 15.3 Å². The Bertz CT molecular complexity index is 1180. The summed E-state index contributed by atoms with van der Waals surface area (Å²) in [6.07, 6.45) is 3.66. The van der Waals surface area contributed by atoms with Crippen molar-refractivity contribution in [2.24, 2.45) is 0 Å². The third-order valence-corrected chi connectivity index (χ3v) is 7.57. The number of anilines is 4. The average Bonchev–Trinajstić information content (AvgIpc) is 2.93. The Morgan fingerprint density at radius 2 is 1.59 bits per heavy atom. The van der Waals surface area contributed by atoms with Crippen LogP contribution in [0.15, 0.2) is 60.7 Å². The fourth-order valence-corrected chi connectivity index (χ4v) is 5.26. The van der Waals surface area contributed by atoms with Gasteiger partial charge in [0.2, 0.25) is 5.95 Å². The predicted octanol–water partition coefficient (Wildman–Crippen LogP) is 4.98. The van der Waals surface area contributed by atoms with Crippen molar-refractivity contribution in [3.05, 3.63) is 71.8 Å². The highest BCUT2D eigenvalue weighted by Crippen LogP contribution is 2.28. The molecule has 0 spiro atoms. The minimum Gasteiger partial charge on any atom is -0.368 e. The summed E-state index contributed by atoms with van der Waals surface area (Å²) in [6, 6.07) is 21.7. The molecule has 194 valence electrons. The first-order valence-electron chi connectivity index (χ1n) is 13.4. The standard InChI is InChI=1S/C29H37N7S/c1-22-11-13-24(14-12-22)21-30-29(37)33-28-31-26(20-27(32-28)36-15-7-6-8-23(36)2)35-18-16-34(17-19-35)25-9-4-3-5-10-25/h3-5,9-14,20,23H,6-8,15-19,21H2,1-2H3,(H2,30,31,32,33,37)/t23-/m1/s1. The summed E-state index contributed by atoms with van der Waals surface area (Å²) in [6.45, 7) is 9.81. The van der Waals surface area contributed by atoms with Crippen molar-refractivity contribution in [2.45, 2.75) is 45.7 Å². The van der Waals surface area contributed by atoms with Crippen molar-refractivity contribution in [3.8, 4) is 0 Å². The number of nitrogens with zero attached hydrogens (tertiary/aromatic N) is 5. The Hall–Kier alpha value is -3.39. The fourth-order valence-electron chi connectivity index (χ4n) is 5.09. The zero-order valence-electron chi connectivity index (χ0n) is 21.9. The quantitative estimate of drug-likeness (QED) is 0.446. The van der Waals surface area contributed by atoms with Crippen LogP contribution in [0.4, 0.5) is 23.3 Å². The molecule has 0 aliphatic carbocycles. The SMILES string of the molecule is Cc1ccc(CNC(=S)Nc2nc(N3CCN(c4ccccc4)CC3)cc(N3CCCC[C@H]3C)n2)cc1. The van der Waals surface area contributed by atoms with E-state index < -0.39 is 0 Å². The third-order valence-electron chi connectivity index (χ3n) is 7.32. The summed E-state index contributed by atoms with van der Waals surface area (Å²) in [5.41, 5.74) is 3.71. The van der Waals surface area contributed by atoms with Crippen molar-refractivity contribution in [1.29, 1.82) is 0 Å². The van der Waals surface area contributed by atoms with Gasteiger partial charge in [0.25, 0.3) is 0 Å². The Morgan fingerprint density at radius 1 is 0.892 bits per heavy atom. The lowest BCUT2D eigenvalue weighted by atomic mass is 10.0. The molecular weight excluding hydrogens is 478 g/mol. The highest BCUT2D eigenvalue weighted by Gasteiger charge is 2.24. The Morgan fingerprint density at radius 3 is 2.32 bits per heavy atom. The molecule has 0 unspecified atom stereocenters. The summed E-state index contributed by atoms with van der Waals surface area (Å²) in [5, 5.41) is 7.10. The van der Waals surface area contributed by atoms with E-state index in [1.165, 1.54) is 36.1 Å². The number of nitrogens with one attached hydrogen (secondary N) is 2. The summed E-state index contributed by atoms with van der Waals surface area (Å²) in [4.78, 5) is 17.0. The predicted molar refractivity (Wildman–Crippen MR) is 158 cm³/mol. The van der Waals surface area contributed by atoms with Crippen LogP contribution >= 0.6 is 12.2 Å². The minimum absolute atomic E-state index is 0.464. The molecule has 8 heteroatoms. The van der Waals surface area contributed by atoms with Crippen LogP contribution in [0, 0.1) is 6.92 Å². The zero-order chi connectivity index (χ0) is 25.6. The van der Waals surface area contributed by atoms with Gasteiger partial charge in [0, 0.05) is 57.1 Å². The molecule has 37 heavy (non-hydrogen) atoms. The van der Waals surface area contributed by atoms with E-state index in [0.717, 1.165) is 44.4 Å². The zero-order valence-corrected chi connectivity index (χ0v) is 22.7. The Kier molecular flexibility index (Phi) is 8.04. The number of piperazine rings is 1. The molecule has 1 atom stereocenters. The number of benzene rings is 2. The molecule has 2 fully saturated rings. The molecular formula is C29H37N7S. The monoisotopic (exact) mass is 515 g/mol. The van der Waals surface area contributed by atoms with Gasteiger partial charge in [-0.25, -0.2) is 0 Å². The average molecular weight is 516 g/mol. The van der Waals surface area contributed by atoms with Crippen molar-refractivity contribution >= 4 is 40.6 Å². The number of rotatable bonds is 6. The van der Waals surface area contributed by atoms with Crippen LogP contribution in [0.25, 0.3) is 0 Å². The van der Waals surface area contributed by atoms with Crippen LogP contribution < -0.4 is 25.3 Å². The molecule has 0 saturated carbocycles. The van der Waals surface area contributed by atoms with Crippen LogP contribution in [0.5, 0.6) is 0 Å². The largest absolute Gasteiger partial charge is 0.368 e. The van der Waals surface area contributed by atoms with Gasteiger partial charge in [-0.15, -0.1) is 0 Å². The lowest BCUT2D eigenvalue weighted by Gasteiger charge is -2.38. The number of hydrogen-bond acceptors (Lipinski definition) is 6. The Labute approximate surface area is 225 Å². The van der Waals surface area contributed by atoms with Crippen LogP contribution in [0.1, 0.15) is 37.3 Å². The number of aryl methyl sites for hydroxylation is 1. The molecule has 0 bridgehead atoms. The first-order valence-corrected chi connectivity index (χ1v) is 13.8. The van der Waals surface area contributed by atoms with Crippen LogP contribution in [0.3, 0.4) is 0 Å². The maximum atomic E-state index is 5.62. The molecule has 2 saturated heterocycles. The van der Waals surface area contributed by atoms with Gasteiger partial charge in [-0.2, -0.15) is 9.97 Å². The van der Waals surface area contributed by atoms with E-state index >= 15 is 0 Å². The van der Waals surface area contributed by atoms with Gasteiger partial charge in [-0.3, -0.25) is 0 Å². The van der Waals surface area contributed by atoms with Crippen molar-refractivity contribution in [2.75, 3.05) is 52.7 Å². The van der Waals surface area contributed by atoms with E-state index in [1.807, 2.05) is 0 Å². The second-order valence-electron chi connectivity index (χ2n) is 10.0. The first kappa shape index (κ1) is 25.3. The van der Waals surface area contributed by atoms with Gasteiger partial charge in [0.15, 0.2) is 5.11 Å². The lowest BCUT2D eigenvalue weighted by Crippen LogP contribution is -2.47. The molecule has 0 radical (unpaired) electrons. The molecule has 0 amide bonds. The van der Waals surface area contributed by atoms with E-state index in [-0.39, 0.29) is 0 Å². The van der Waals surface area contributed by atoms with E-state index in [4.69, 9.17) is 22.2 Å². The molecule has 3 aromatic rings. The number of thiocarbonyl (C=S) groups is 1. The topological polar surface area (TPSA) is 59.6 Å². The van der Waals surface area contributed by atoms with Gasteiger partial charge >= 0.3 is 0 Å². The van der Waals surface area contributed by atoms with Gasteiger partial charge in [-0.1, -0.05) is 48.0 Å². The van der Waals surface area contributed by atoms with E-state index in [9.17, 15) is 0 Å². The molecule has 2 aliphatic heterocycles. The second kappa shape index (κ2) is 11.8. The highest BCUT2D eigenvalue weighted by atomic mass is 32.1. The number of para-hydroxylation sites is 1. The number of aromatic nitrogens is 2. The van der Waals surface area contributed by atoms with Gasteiger partial charge < -0.3 is 25.3 Å². The Balaban J connectivity index is 1.31. The molecule has 2 aromatic carbocycles. The fraction of sp³-hybridized carbons (Fsp3) is 0.414. The van der Waals surface area contributed by atoms with E-state index in [1.54, 1.807) is 0 Å². The van der Waals surface area contributed by atoms with Gasteiger partial charge in [-0.05, 0) is 63.0 Å². The maximum Gasteiger partial charge on any atom is 0.232 e. The normalized spacial score (nSPS) is 18.0. The number of piperidine rings is 1. The summed E-state index contributed by atoms with van der Waals surface area (Å²) in [7, 11) is 0. The van der Waals surface area contributed by atoms with Crippen LogP contribution in [-0.4, -0.2) is 53.8 Å². The summed E-state index contributed by atoms with van der Waals surface area (Å²) in [5.74, 6) is 2.49. The summed E-state index contributed by atoms with van der Waals surface area (Å²) < 4.78 is 0. The van der Waals surface area contributed by atoms with E-state index in [0.29, 0.717) is 23.6 Å².